The monoisotopic (exact) mass is 358 g/mol. The van der Waals surface area contributed by atoms with Crippen LogP contribution in [0, 0.1) is 5.82 Å². The number of hydrogen-bond acceptors (Lipinski definition) is 5. The molecule has 1 fully saturated rings. The fourth-order valence-corrected chi connectivity index (χ4v) is 2.73. The number of carbonyl (C=O) groups excluding carboxylic acids is 1. The molecule has 2 aromatic rings. The Morgan fingerprint density at radius 3 is 2.73 bits per heavy atom. The van der Waals surface area contributed by atoms with Gasteiger partial charge in [0.25, 0.3) is 5.91 Å². The first-order valence-electron chi connectivity index (χ1n) is 8.72. The van der Waals surface area contributed by atoms with Crippen molar-refractivity contribution < 1.29 is 13.9 Å². The molecular weight excluding hydrogens is 335 g/mol. The molecule has 1 saturated heterocycles. The lowest BCUT2D eigenvalue weighted by Gasteiger charge is -2.26. The van der Waals surface area contributed by atoms with Gasteiger partial charge in [-0.05, 0) is 23.8 Å². The van der Waals surface area contributed by atoms with Crippen LogP contribution in [0.3, 0.4) is 0 Å². The largest absolute Gasteiger partial charge is 0.382 e. The van der Waals surface area contributed by atoms with Crippen LogP contribution in [0.2, 0.25) is 0 Å². The first-order valence-corrected chi connectivity index (χ1v) is 8.72. The molecule has 6 nitrogen and oxygen atoms in total. The van der Waals surface area contributed by atoms with E-state index in [0.29, 0.717) is 12.1 Å². The number of pyridine rings is 1. The van der Waals surface area contributed by atoms with Gasteiger partial charge in [0.2, 0.25) is 0 Å². The molecule has 0 unspecified atom stereocenters. The zero-order chi connectivity index (χ0) is 18.2. The predicted octanol–water partition coefficient (Wildman–Crippen LogP) is 1.89. The lowest BCUT2D eigenvalue weighted by atomic mass is 10.2. The number of carbonyl (C=O) groups is 1. The maximum Gasteiger partial charge on any atom is 0.253 e. The van der Waals surface area contributed by atoms with Gasteiger partial charge in [-0.1, -0.05) is 12.1 Å². The fourth-order valence-electron chi connectivity index (χ4n) is 2.73. The molecule has 0 radical (unpaired) electrons. The highest BCUT2D eigenvalue weighted by molar-refractivity contribution is 5.94. The first kappa shape index (κ1) is 18.3. The Hall–Kier alpha value is -2.51. The number of hydrogen-bond donors (Lipinski definition) is 2. The Morgan fingerprint density at radius 1 is 1.19 bits per heavy atom. The topological polar surface area (TPSA) is 66.5 Å². The molecule has 1 aliphatic rings. The number of benzene rings is 1. The lowest BCUT2D eigenvalue weighted by molar-refractivity contribution is 0.0398. The molecular formula is C19H23FN4O2. The van der Waals surface area contributed by atoms with Gasteiger partial charge in [0.15, 0.2) is 0 Å². The van der Waals surface area contributed by atoms with Crippen LogP contribution in [-0.4, -0.2) is 55.2 Å². The predicted molar refractivity (Wildman–Crippen MR) is 97.6 cm³/mol. The number of nitrogens with zero attached hydrogens (tertiary/aromatic N) is 2. The number of morpholine rings is 1. The van der Waals surface area contributed by atoms with Crippen molar-refractivity contribution in [3.05, 3.63) is 59.7 Å². The zero-order valence-electron chi connectivity index (χ0n) is 14.6. The summed E-state index contributed by atoms with van der Waals surface area (Å²) in [6.45, 7) is 5.51. The molecule has 3 rings (SSSR count). The third-order valence-electron chi connectivity index (χ3n) is 4.23. The van der Waals surface area contributed by atoms with E-state index in [1.807, 2.05) is 0 Å². The smallest absolute Gasteiger partial charge is 0.253 e. The maximum absolute atomic E-state index is 12.9. The van der Waals surface area contributed by atoms with Crippen molar-refractivity contribution in [2.75, 3.05) is 44.7 Å². The van der Waals surface area contributed by atoms with Gasteiger partial charge in [0, 0.05) is 45.1 Å². The fraction of sp³-hybridized carbons (Fsp3) is 0.368. The second-order valence-corrected chi connectivity index (χ2v) is 6.15. The molecule has 1 aromatic carbocycles. The summed E-state index contributed by atoms with van der Waals surface area (Å²) in [4.78, 5) is 18.8. The third-order valence-corrected chi connectivity index (χ3v) is 4.23. The van der Waals surface area contributed by atoms with Gasteiger partial charge in [0.05, 0.1) is 24.5 Å². The van der Waals surface area contributed by atoms with Crippen LogP contribution in [0.5, 0.6) is 0 Å². The summed E-state index contributed by atoms with van der Waals surface area (Å²) in [6, 6.07) is 7.84. The highest BCUT2D eigenvalue weighted by Crippen LogP contribution is 2.09. The van der Waals surface area contributed by atoms with E-state index in [-0.39, 0.29) is 11.7 Å². The minimum atomic E-state index is -0.292. The van der Waals surface area contributed by atoms with Crippen LogP contribution in [0.4, 0.5) is 10.1 Å². The summed E-state index contributed by atoms with van der Waals surface area (Å²) in [5.41, 5.74) is 2.14. The average molecular weight is 358 g/mol. The molecule has 7 heteroatoms. The van der Waals surface area contributed by atoms with Gasteiger partial charge < -0.3 is 15.4 Å². The molecule has 0 aliphatic carbocycles. The van der Waals surface area contributed by atoms with Crippen LogP contribution in [0.1, 0.15) is 15.9 Å². The van der Waals surface area contributed by atoms with Crippen molar-refractivity contribution in [2.24, 2.45) is 0 Å². The molecule has 0 spiro atoms. The Morgan fingerprint density at radius 2 is 1.96 bits per heavy atom. The van der Waals surface area contributed by atoms with Crippen molar-refractivity contribution in [1.82, 2.24) is 15.2 Å². The Bertz CT molecular complexity index is 718. The first-order chi connectivity index (χ1) is 12.7. The second-order valence-electron chi connectivity index (χ2n) is 6.15. The van der Waals surface area contributed by atoms with Crippen molar-refractivity contribution in [1.29, 1.82) is 0 Å². The van der Waals surface area contributed by atoms with Crippen LogP contribution < -0.4 is 10.6 Å². The van der Waals surface area contributed by atoms with Crippen LogP contribution in [0.15, 0.2) is 42.7 Å². The van der Waals surface area contributed by atoms with Crippen LogP contribution in [0.25, 0.3) is 0 Å². The van der Waals surface area contributed by atoms with Gasteiger partial charge in [-0.2, -0.15) is 0 Å². The van der Waals surface area contributed by atoms with E-state index in [1.165, 1.54) is 18.3 Å². The van der Waals surface area contributed by atoms with E-state index < -0.39 is 0 Å². The summed E-state index contributed by atoms with van der Waals surface area (Å²) < 4.78 is 18.2. The molecule has 1 aromatic heterocycles. The van der Waals surface area contributed by atoms with E-state index in [0.717, 1.165) is 50.6 Å². The minimum absolute atomic E-state index is 0.210. The number of anilines is 1. The average Bonchev–Trinajstić information content (AvgIpc) is 2.68. The van der Waals surface area contributed by atoms with Crippen molar-refractivity contribution in [3.63, 3.8) is 0 Å². The molecule has 2 N–H and O–H groups in total. The van der Waals surface area contributed by atoms with Crippen LogP contribution >= 0.6 is 0 Å². The van der Waals surface area contributed by atoms with Gasteiger partial charge >= 0.3 is 0 Å². The van der Waals surface area contributed by atoms with Gasteiger partial charge in [0.1, 0.15) is 5.82 Å². The number of nitrogens with one attached hydrogen (secondary N) is 2. The van der Waals surface area contributed by atoms with E-state index in [9.17, 15) is 9.18 Å². The van der Waals surface area contributed by atoms with Crippen molar-refractivity contribution >= 4 is 11.6 Å². The molecule has 1 amide bonds. The Kier molecular flexibility index (Phi) is 6.51. The van der Waals surface area contributed by atoms with Crippen molar-refractivity contribution in [2.45, 2.75) is 6.54 Å². The van der Waals surface area contributed by atoms with E-state index in [1.54, 1.807) is 24.4 Å². The summed E-state index contributed by atoms with van der Waals surface area (Å²) in [6.07, 6.45) is 3.24. The van der Waals surface area contributed by atoms with Gasteiger partial charge in [-0.3, -0.25) is 14.7 Å². The Labute approximate surface area is 152 Å². The maximum atomic E-state index is 12.9. The highest BCUT2D eigenvalue weighted by Gasteiger charge is 2.10. The number of rotatable bonds is 7. The zero-order valence-corrected chi connectivity index (χ0v) is 14.6. The molecule has 0 saturated carbocycles. The van der Waals surface area contributed by atoms with Gasteiger partial charge in [-0.25, -0.2) is 4.39 Å². The molecule has 0 bridgehead atoms. The SMILES string of the molecule is O=C(NCc1ccc(F)cc1)c1cncc(NCCN2CCOCC2)c1. The molecule has 26 heavy (non-hydrogen) atoms. The minimum Gasteiger partial charge on any atom is -0.382 e. The van der Waals surface area contributed by atoms with E-state index >= 15 is 0 Å². The molecule has 1 aliphatic heterocycles. The third kappa shape index (κ3) is 5.50. The number of aromatic nitrogens is 1. The summed E-state index contributed by atoms with van der Waals surface area (Å²) in [5, 5.41) is 6.12. The van der Waals surface area contributed by atoms with Crippen molar-refractivity contribution in [3.8, 4) is 0 Å². The highest BCUT2D eigenvalue weighted by atomic mass is 19.1. The molecule has 0 atom stereocenters. The lowest BCUT2D eigenvalue weighted by Crippen LogP contribution is -2.39. The quantitative estimate of drug-likeness (QED) is 0.791. The summed E-state index contributed by atoms with van der Waals surface area (Å²) >= 11 is 0. The van der Waals surface area contributed by atoms with Crippen LogP contribution in [-0.2, 0) is 11.3 Å². The standard InChI is InChI=1S/C19H23FN4O2/c20-17-3-1-15(2-4-17)12-23-19(25)16-11-18(14-21-13-16)22-5-6-24-7-9-26-10-8-24/h1-4,11,13-14,22H,5-10,12H2,(H,23,25). The summed E-state index contributed by atoms with van der Waals surface area (Å²) in [5.74, 6) is -0.501. The molecule has 138 valence electrons. The normalized spacial score (nSPS) is 14.8. The number of ether oxygens (including phenoxy) is 1. The number of amides is 1. The van der Waals surface area contributed by atoms with E-state index in [4.69, 9.17) is 4.74 Å². The Balaban J connectivity index is 1.47. The molecule has 2 heterocycles. The second kappa shape index (κ2) is 9.26. The number of halogens is 1. The van der Waals surface area contributed by atoms with E-state index in [2.05, 4.69) is 20.5 Å². The summed E-state index contributed by atoms with van der Waals surface area (Å²) in [7, 11) is 0. The van der Waals surface area contributed by atoms with Gasteiger partial charge in [-0.15, -0.1) is 0 Å².